The van der Waals surface area contributed by atoms with E-state index < -0.39 is 0 Å². The minimum atomic E-state index is -0.224. The van der Waals surface area contributed by atoms with E-state index >= 15 is 0 Å². The highest BCUT2D eigenvalue weighted by Crippen LogP contribution is 2.69. The van der Waals surface area contributed by atoms with Crippen LogP contribution in [0, 0.1) is 23.2 Å². The van der Waals surface area contributed by atoms with Crippen molar-refractivity contribution in [3.63, 3.8) is 0 Å². The zero-order valence-electron chi connectivity index (χ0n) is 8.01. The maximum atomic E-state index is 10.4. The first kappa shape index (κ1) is 7.37. The average Bonchev–Trinajstić information content (AvgIpc) is 1.97. The molecular weight excluding hydrogens is 148 g/mol. The summed E-state index contributed by atoms with van der Waals surface area (Å²) in [5.41, 5.74) is 0.226. The van der Waals surface area contributed by atoms with Gasteiger partial charge in [-0.05, 0) is 48.9 Å². The fourth-order valence-electron chi connectivity index (χ4n) is 4.03. The van der Waals surface area contributed by atoms with Gasteiger partial charge in [0.25, 0.3) is 0 Å². The summed E-state index contributed by atoms with van der Waals surface area (Å²) >= 11 is 0. The van der Waals surface area contributed by atoms with Gasteiger partial charge in [0, 0.05) is 0 Å². The van der Waals surface area contributed by atoms with E-state index in [0.29, 0.717) is 17.3 Å². The van der Waals surface area contributed by atoms with Gasteiger partial charge in [-0.25, -0.2) is 0 Å². The van der Waals surface area contributed by atoms with Crippen LogP contribution in [0.15, 0.2) is 0 Å². The highest BCUT2D eigenvalue weighted by molar-refractivity contribution is 5.17. The quantitative estimate of drug-likeness (QED) is 0.585. The SMILES string of the molecule is CC1(C)C2CC3CCC3(O)C1C2. The molecular formula is C11H18O. The van der Waals surface area contributed by atoms with Gasteiger partial charge in [-0.1, -0.05) is 13.8 Å². The van der Waals surface area contributed by atoms with E-state index in [-0.39, 0.29) is 5.60 Å². The van der Waals surface area contributed by atoms with Crippen molar-refractivity contribution >= 4 is 0 Å². The van der Waals surface area contributed by atoms with Crippen LogP contribution < -0.4 is 0 Å². The highest BCUT2D eigenvalue weighted by atomic mass is 16.3. The lowest BCUT2D eigenvalue weighted by Crippen LogP contribution is -2.69. The fraction of sp³-hybridized carbons (Fsp3) is 1.00. The Kier molecular flexibility index (Phi) is 1.07. The van der Waals surface area contributed by atoms with Crippen molar-refractivity contribution in [3.8, 4) is 0 Å². The van der Waals surface area contributed by atoms with E-state index in [4.69, 9.17) is 0 Å². The van der Waals surface area contributed by atoms with Gasteiger partial charge >= 0.3 is 0 Å². The number of hydrogen-bond acceptors (Lipinski definition) is 1. The molecule has 4 atom stereocenters. The molecule has 2 bridgehead atoms. The van der Waals surface area contributed by atoms with Crippen molar-refractivity contribution in [3.05, 3.63) is 0 Å². The summed E-state index contributed by atoms with van der Waals surface area (Å²) in [6, 6.07) is 0. The zero-order chi connectivity index (χ0) is 8.56. The summed E-state index contributed by atoms with van der Waals surface area (Å²) in [5.74, 6) is 2.23. The molecule has 0 aromatic heterocycles. The molecule has 0 aromatic rings. The van der Waals surface area contributed by atoms with Crippen LogP contribution in [-0.2, 0) is 0 Å². The van der Waals surface area contributed by atoms with E-state index in [2.05, 4.69) is 13.8 Å². The topological polar surface area (TPSA) is 20.2 Å². The Morgan fingerprint density at radius 1 is 1.17 bits per heavy atom. The van der Waals surface area contributed by atoms with Crippen molar-refractivity contribution in [2.24, 2.45) is 23.2 Å². The Bertz CT molecular complexity index is 233. The average molecular weight is 166 g/mol. The van der Waals surface area contributed by atoms with Crippen LogP contribution in [0.2, 0.25) is 0 Å². The molecule has 0 amide bonds. The Labute approximate surface area is 74.2 Å². The third-order valence-electron chi connectivity index (χ3n) is 5.24. The zero-order valence-corrected chi connectivity index (χ0v) is 8.01. The fourth-order valence-corrected chi connectivity index (χ4v) is 4.03. The predicted octanol–water partition coefficient (Wildman–Crippen LogP) is 2.19. The first-order valence-electron chi connectivity index (χ1n) is 5.27. The largest absolute Gasteiger partial charge is 0.389 e. The monoisotopic (exact) mass is 166 g/mol. The van der Waals surface area contributed by atoms with E-state index in [9.17, 15) is 5.11 Å². The van der Waals surface area contributed by atoms with E-state index in [0.717, 1.165) is 12.3 Å². The third-order valence-corrected chi connectivity index (χ3v) is 5.24. The molecule has 4 fully saturated rings. The standard InChI is InChI=1S/C11H18O/c1-10(2)8-5-7-3-4-11(7,12)9(10)6-8/h7-9,12H,3-6H2,1-2H3. The Hall–Kier alpha value is -0.0400. The molecule has 0 saturated heterocycles. The van der Waals surface area contributed by atoms with Gasteiger partial charge in [-0.15, -0.1) is 0 Å². The van der Waals surface area contributed by atoms with Crippen LogP contribution in [0.5, 0.6) is 0 Å². The first-order chi connectivity index (χ1) is 5.55. The summed E-state index contributed by atoms with van der Waals surface area (Å²) in [7, 11) is 0. The molecule has 0 heterocycles. The first-order valence-corrected chi connectivity index (χ1v) is 5.27. The van der Waals surface area contributed by atoms with Gasteiger partial charge in [-0.3, -0.25) is 0 Å². The van der Waals surface area contributed by atoms with Crippen molar-refractivity contribution in [2.45, 2.75) is 45.1 Å². The van der Waals surface area contributed by atoms with Crippen LogP contribution in [0.25, 0.3) is 0 Å². The number of rotatable bonds is 0. The lowest BCUT2D eigenvalue weighted by Gasteiger charge is -2.70. The van der Waals surface area contributed by atoms with Gasteiger partial charge in [0.1, 0.15) is 0 Å². The van der Waals surface area contributed by atoms with Gasteiger partial charge in [0.2, 0.25) is 0 Å². The molecule has 4 rings (SSSR count). The summed E-state index contributed by atoms with van der Waals surface area (Å²) in [5, 5.41) is 10.4. The van der Waals surface area contributed by atoms with Crippen LogP contribution in [-0.4, -0.2) is 10.7 Å². The second-order valence-electron chi connectivity index (χ2n) is 5.77. The van der Waals surface area contributed by atoms with Gasteiger partial charge in [-0.2, -0.15) is 0 Å². The molecule has 0 aliphatic heterocycles. The minimum absolute atomic E-state index is 0.224. The lowest BCUT2D eigenvalue weighted by molar-refractivity contribution is -0.273. The lowest BCUT2D eigenvalue weighted by atomic mass is 9.37. The van der Waals surface area contributed by atoms with Gasteiger partial charge in [0.05, 0.1) is 5.60 Å². The van der Waals surface area contributed by atoms with Gasteiger partial charge in [0.15, 0.2) is 0 Å². The van der Waals surface area contributed by atoms with Gasteiger partial charge < -0.3 is 5.11 Å². The summed E-state index contributed by atoms with van der Waals surface area (Å²) in [4.78, 5) is 0. The molecule has 0 aromatic carbocycles. The number of aliphatic hydroxyl groups is 1. The molecule has 4 saturated carbocycles. The van der Waals surface area contributed by atoms with E-state index in [1.165, 1.54) is 19.3 Å². The van der Waals surface area contributed by atoms with Crippen LogP contribution in [0.4, 0.5) is 0 Å². The molecule has 68 valence electrons. The smallest absolute Gasteiger partial charge is 0.0709 e. The van der Waals surface area contributed by atoms with E-state index in [1.807, 2.05) is 0 Å². The highest BCUT2D eigenvalue weighted by Gasteiger charge is 2.67. The maximum absolute atomic E-state index is 10.4. The van der Waals surface area contributed by atoms with Crippen molar-refractivity contribution in [1.29, 1.82) is 0 Å². The normalized spacial score (nSPS) is 59.8. The Morgan fingerprint density at radius 2 is 1.92 bits per heavy atom. The minimum Gasteiger partial charge on any atom is -0.389 e. The van der Waals surface area contributed by atoms with Crippen LogP contribution >= 0.6 is 0 Å². The molecule has 4 unspecified atom stereocenters. The van der Waals surface area contributed by atoms with E-state index in [1.54, 1.807) is 0 Å². The summed E-state index contributed by atoms with van der Waals surface area (Å²) in [6.45, 7) is 4.69. The second-order valence-corrected chi connectivity index (χ2v) is 5.77. The number of hydrogen-bond donors (Lipinski definition) is 1. The Balaban J connectivity index is 1.95. The van der Waals surface area contributed by atoms with Crippen molar-refractivity contribution in [1.82, 2.24) is 0 Å². The Morgan fingerprint density at radius 3 is 2.25 bits per heavy atom. The molecule has 1 heteroatoms. The van der Waals surface area contributed by atoms with Crippen molar-refractivity contribution < 1.29 is 5.11 Å². The van der Waals surface area contributed by atoms with Crippen LogP contribution in [0.1, 0.15) is 39.5 Å². The third kappa shape index (κ3) is 0.555. The molecule has 1 nitrogen and oxygen atoms in total. The molecule has 4 aliphatic carbocycles. The summed E-state index contributed by atoms with van der Waals surface area (Å²) < 4.78 is 0. The van der Waals surface area contributed by atoms with Crippen LogP contribution in [0.3, 0.4) is 0 Å². The summed E-state index contributed by atoms with van der Waals surface area (Å²) in [6.07, 6.45) is 4.98. The molecule has 12 heavy (non-hydrogen) atoms. The second kappa shape index (κ2) is 1.75. The molecule has 4 aliphatic rings. The molecule has 0 radical (unpaired) electrons. The maximum Gasteiger partial charge on any atom is 0.0709 e. The van der Waals surface area contributed by atoms with Crippen molar-refractivity contribution in [2.75, 3.05) is 0 Å². The molecule has 0 spiro atoms. The predicted molar refractivity (Wildman–Crippen MR) is 47.7 cm³/mol. The molecule has 1 N–H and O–H groups in total.